The Balaban J connectivity index is 1.86. The van der Waals surface area contributed by atoms with Gasteiger partial charge in [0.1, 0.15) is 5.75 Å². The van der Waals surface area contributed by atoms with Crippen molar-refractivity contribution in [3.63, 3.8) is 0 Å². The summed E-state index contributed by atoms with van der Waals surface area (Å²) in [6.07, 6.45) is 7.39. The lowest BCUT2D eigenvalue weighted by atomic mass is 9.95. The van der Waals surface area contributed by atoms with Crippen LogP contribution in [0.5, 0.6) is 5.75 Å². The molecule has 1 aliphatic rings. The molecule has 0 heterocycles. The van der Waals surface area contributed by atoms with Crippen LogP contribution < -0.4 is 5.32 Å². The van der Waals surface area contributed by atoms with Gasteiger partial charge in [-0.05, 0) is 81.5 Å². The van der Waals surface area contributed by atoms with E-state index in [0.29, 0.717) is 6.04 Å². The van der Waals surface area contributed by atoms with Gasteiger partial charge in [0.05, 0.1) is 8.95 Å². The highest BCUT2D eigenvalue weighted by Crippen LogP contribution is 2.33. The van der Waals surface area contributed by atoms with Crippen molar-refractivity contribution in [1.29, 1.82) is 0 Å². The van der Waals surface area contributed by atoms with Gasteiger partial charge in [0, 0.05) is 17.8 Å². The molecule has 0 aromatic heterocycles. The second-order valence-electron chi connectivity index (χ2n) is 5.00. The number of hydrogen-bond acceptors (Lipinski definition) is 3. The van der Waals surface area contributed by atoms with Gasteiger partial charge in [0.2, 0.25) is 0 Å². The van der Waals surface area contributed by atoms with Gasteiger partial charge in [0.15, 0.2) is 0 Å². The van der Waals surface area contributed by atoms with Crippen LogP contribution in [0.1, 0.15) is 31.2 Å². The maximum absolute atomic E-state index is 9.69. The summed E-state index contributed by atoms with van der Waals surface area (Å²) in [4.78, 5) is 0. The number of nitrogens with one attached hydrogen (secondary N) is 1. The molecule has 0 aliphatic heterocycles. The molecule has 5 heteroatoms. The third-order valence-corrected chi connectivity index (χ3v) is 6.03. The van der Waals surface area contributed by atoms with Gasteiger partial charge in [-0.2, -0.15) is 11.8 Å². The normalized spacial score (nSPS) is 23.5. The standard InChI is InChI=1S/C14H19Br2NOS/c1-19-11-4-2-10(3-5-11)17-8-9-6-12(15)14(18)13(16)7-9/h6-7,10-11,17-18H,2-5,8H2,1H3. The van der Waals surface area contributed by atoms with Crippen molar-refractivity contribution in [3.8, 4) is 5.75 Å². The molecular weight excluding hydrogens is 390 g/mol. The zero-order valence-corrected chi connectivity index (χ0v) is 14.9. The van der Waals surface area contributed by atoms with E-state index < -0.39 is 0 Å². The molecule has 0 saturated heterocycles. The van der Waals surface area contributed by atoms with Crippen LogP contribution in [-0.2, 0) is 6.54 Å². The zero-order valence-electron chi connectivity index (χ0n) is 11.0. The summed E-state index contributed by atoms with van der Waals surface area (Å²) in [5.74, 6) is 0.268. The van der Waals surface area contributed by atoms with E-state index in [-0.39, 0.29) is 5.75 Å². The SMILES string of the molecule is CSC1CCC(NCc2cc(Br)c(O)c(Br)c2)CC1. The quantitative estimate of drug-likeness (QED) is 0.758. The molecule has 1 saturated carbocycles. The van der Waals surface area contributed by atoms with Crippen molar-refractivity contribution in [2.75, 3.05) is 6.26 Å². The average Bonchev–Trinajstić information content (AvgIpc) is 2.43. The topological polar surface area (TPSA) is 32.3 Å². The first-order chi connectivity index (χ1) is 9.10. The van der Waals surface area contributed by atoms with Crippen LogP contribution >= 0.6 is 43.6 Å². The summed E-state index contributed by atoms with van der Waals surface area (Å²) in [6.45, 7) is 0.853. The molecule has 2 N–H and O–H groups in total. The number of hydrogen-bond donors (Lipinski definition) is 2. The monoisotopic (exact) mass is 407 g/mol. The molecule has 1 aromatic carbocycles. The molecule has 0 radical (unpaired) electrons. The summed E-state index contributed by atoms with van der Waals surface area (Å²) in [7, 11) is 0. The van der Waals surface area contributed by atoms with Gasteiger partial charge in [0.25, 0.3) is 0 Å². The number of aromatic hydroxyl groups is 1. The van der Waals surface area contributed by atoms with Gasteiger partial charge in [-0.15, -0.1) is 0 Å². The third-order valence-electron chi connectivity index (χ3n) is 3.68. The number of benzene rings is 1. The van der Waals surface area contributed by atoms with Gasteiger partial charge < -0.3 is 10.4 Å². The highest BCUT2D eigenvalue weighted by Gasteiger charge is 2.19. The Kier molecular flexibility index (Phi) is 6.06. The van der Waals surface area contributed by atoms with E-state index in [4.69, 9.17) is 0 Å². The molecule has 0 unspecified atom stereocenters. The van der Waals surface area contributed by atoms with Crippen molar-refractivity contribution in [1.82, 2.24) is 5.32 Å². The van der Waals surface area contributed by atoms with E-state index in [1.54, 1.807) is 0 Å². The number of rotatable bonds is 4. The molecule has 0 bridgehead atoms. The zero-order chi connectivity index (χ0) is 13.8. The van der Waals surface area contributed by atoms with Crippen LogP contribution in [0.3, 0.4) is 0 Å². The highest BCUT2D eigenvalue weighted by molar-refractivity contribution is 9.11. The predicted molar refractivity (Wildman–Crippen MR) is 89.9 cm³/mol. The Bertz CT molecular complexity index is 410. The summed E-state index contributed by atoms with van der Waals surface area (Å²) >= 11 is 8.74. The minimum Gasteiger partial charge on any atom is -0.506 e. The number of phenols is 1. The lowest BCUT2D eigenvalue weighted by Gasteiger charge is -2.28. The second-order valence-corrected chi connectivity index (χ2v) is 7.85. The Hall–Kier alpha value is 0.290. The fourth-order valence-corrected chi connectivity index (χ4v) is 4.51. The van der Waals surface area contributed by atoms with Crippen LogP contribution in [0, 0.1) is 0 Å². The van der Waals surface area contributed by atoms with Gasteiger partial charge in [-0.25, -0.2) is 0 Å². The molecule has 2 rings (SSSR count). The molecule has 1 aliphatic carbocycles. The molecule has 1 fully saturated rings. The van der Waals surface area contributed by atoms with Crippen LogP contribution in [0.15, 0.2) is 21.1 Å². The minimum atomic E-state index is 0.268. The van der Waals surface area contributed by atoms with Gasteiger partial charge in [-0.3, -0.25) is 0 Å². The number of halogens is 2. The Morgan fingerprint density at radius 2 is 1.79 bits per heavy atom. The van der Waals surface area contributed by atoms with Gasteiger partial charge in [-0.1, -0.05) is 0 Å². The highest BCUT2D eigenvalue weighted by atomic mass is 79.9. The minimum absolute atomic E-state index is 0.268. The van der Waals surface area contributed by atoms with Crippen molar-refractivity contribution in [2.24, 2.45) is 0 Å². The molecule has 0 spiro atoms. The molecule has 106 valence electrons. The van der Waals surface area contributed by atoms with E-state index in [2.05, 4.69) is 43.4 Å². The molecule has 19 heavy (non-hydrogen) atoms. The first-order valence-electron chi connectivity index (χ1n) is 6.53. The van der Waals surface area contributed by atoms with E-state index in [9.17, 15) is 5.11 Å². The Morgan fingerprint density at radius 3 is 2.32 bits per heavy atom. The molecule has 0 amide bonds. The Labute approximate surface area is 136 Å². The first kappa shape index (κ1) is 15.7. The fraction of sp³-hybridized carbons (Fsp3) is 0.571. The van der Waals surface area contributed by atoms with E-state index >= 15 is 0 Å². The predicted octanol–water partition coefficient (Wildman–Crippen LogP) is 4.68. The van der Waals surface area contributed by atoms with Crippen molar-refractivity contribution in [3.05, 3.63) is 26.6 Å². The maximum Gasteiger partial charge on any atom is 0.143 e. The van der Waals surface area contributed by atoms with Crippen molar-refractivity contribution < 1.29 is 5.11 Å². The van der Waals surface area contributed by atoms with Crippen molar-refractivity contribution >= 4 is 43.6 Å². The summed E-state index contributed by atoms with van der Waals surface area (Å²) in [5, 5.41) is 14.2. The van der Waals surface area contributed by atoms with Crippen LogP contribution in [0.2, 0.25) is 0 Å². The van der Waals surface area contributed by atoms with E-state index in [0.717, 1.165) is 20.7 Å². The van der Waals surface area contributed by atoms with Crippen LogP contribution in [0.4, 0.5) is 0 Å². The summed E-state index contributed by atoms with van der Waals surface area (Å²) in [6, 6.07) is 4.58. The Morgan fingerprint density at radius 1 is 1.21 bits per heavy atom. The average molecular weight is 409 g/mol. The summed E-state index contributed by atoms with van der Waals surface area (Å²) < 4.78 is 1.48. The molecule has 2 nitrogen and oxygen atoms in total. The smallest absolute Gasteiger partial charge is 0.143 e. The lowest BCUT2D eigenvalue weighted by molar-refractivity contribution is 0.378. The van der Waals surface area contributed by atoms with Crippen LogP contribution in [0.25, 0.3) is 0 Å². The number of thioether (sulfide) groups is 1. The van der Waals surface area contributed by atoms with Crippen LogP contribution in [-0.4, -0.2) is 22.7 Å². The summed E-state index contributed by atoms with van der Waals surface area (Å²) in [5.41, 5.74) is 1.18. The fourth-order valence-electron chi connectivity index (χ4n) is 2.48. The lowest BCUT2D eigenvalue weighted by Crippen LogP contribution is -2.33. The van der Waals surface area contributed by atoms with Gasteiger partial charge >= 0.3 is 0 Å². The number of phenolic OH excluding ortho intramolecular Hbond substituents is 1. The van der Waals surface area contributed by atoms with E-state index in [1.165, 1.54) is 31.2 Å². The molecular formula is C14H19Br2NOS. The first-order valence-corrected chi connectivity index (χ1v) is 9.40. The van der Waals surface area contributed by atoms with E-state index in [1.807, 2.05) is 23.9 Å². The maximum atomic E-state index is 9.69. The second kappa shape index (κ2) is 7.34. The largest absolute Gasteiger partial charge is 0.506 e. The van der Waals surface area contributed by atoms with Crippen molar-refractivity contribution in [2.45, 2.75) is 43.5 Å². The molecule has 0 atom stereocenters. The molecule has 1 aromatic rings. The third kappa shape index (κ3) is 4.38.